The maximum atomic E-state index is 14.3. The molecule has 1 saturated heterocycles. The van der Waals surface area contributed by atoms with Gasteiger partial charge in [-0.25, -0.2) is 8.42 Å². The molecule has 0 unspecified atom stereocenters. The quantitative estimate of drug-likeness (QED) is 0.776. The molecule has 0 atom stereocenters. The summed E-state index contributed by atoms with van der Waals surface area (Å²) in [5, 5.41) is 2.15. The van der Waals surface area contributed by atoms with Crippen LogP contribution in [-0.4, -0.2) is 56.3 Å². The first kappa shape index (κ1) is 21.4. The van der Waals surface area contributed by atoms with Crippen LogP contribution in [0.25, 0.3) is 0 Å². The monoisotopic (exact) mass is 423 g/mol. The van der Waals surface area contributed by atoms with E-state index in [-0.39, 0.29) is 10.6 Å². The second-order valence-corrected chi connectivity index (χ2v) is 8.70. The normalized spacial score (nSPS) is 16.5. The zero-order valence-electron chi connectivity index (χ0n) is 16.0. The molecule has 0 spiro atoms. The SMILES string of the molecule is CCN1CCN(S(=O)(=O)c2ccc(NC(=O)C(F)(F)c3ccccc3)cc2)CC1. The molecule has 1 heterocycles. The van der Waals surface area contributed by atoms with Gasteiger partial charge in [-0.3, -0.25) is 4.79 Å². The number of likely N-dealkylation sites (N-methyl/N-ethyl adjacent to an activating group) is 1. The number of carbonyl (C=O) groups excluding carboxylic acids is 1. The average Bonchev–Trinajstić information content (AvgIpc) is 2.74. The van der Waals surface area contributed by atoms with Gasteiger partial charge in [-0.05, 0) is 30.8 Å². The van der Waals surface area contributed by atoms with Crippen LogP contribution in [-0.2, 0) is 20.7 Å². The fourth-order valence-corrected chi connectivity index (χ4v) is 4.56. The maximum Gasteiger partial charge on any atom is 0.350 e. The number of alkyl halides is 2. The van der Waals surface area contributed by atoms with E-state index >= 15 is 0 Å². The third-order valence-electron chi connectivity index (χ3n) is 4.95. The molecule has 1 fully saturated rings. The molecule has 6 nitrogen and oxygen atoms in total. The number of hydrogen-bond acceptors (Lipinski definition) is 4. The molecule has 0 radical (unpaired) electrons. The smallest absolute Gasteiger partial charge is 0.321 e. The topological polar surface area (TPSA) is 69.7 Å². The molecule has 0 aliphatic carbocycles. The molecule has 9 heteroatoms. The van der Waals surface area contributed by atoms with Gasteiger partial charge in [-0.1, -0.05) is 37.3 Å². The number of rotatable bonds is 6. The van der Waals surface area contributed by atoms with E-state index in [9.17, 15) is 22.0 Å². The fourth-order valence-electron chi connectivity index (χ4n) is 3.13. The Kier molecular flexibility index (Phi) is 6.30. The minimum Gasteiger partial charge on any atom is -0.321 e. The summed E-state index contributed by atoms with van der Waals surface area (Å²) in [7, 11) is -3.66. The van der Waals surface area contributed by atoms with E-state index in [1.807, 2.05) is 6.92 Å². The summed E-state index contributed by atoms with van der Waals surface area (Å²) in [6, 6.07) is 12.0. The molecular weight excluding hydrogens is 400 g/mol. The minimum atomic E-state index is -3.70. The van der Waals surface area contributed by atoms with Crippen molar-refractivity contribution in [2.75, 3.05) is 38.0 Å². The van der Waals surface area contributed by atoms with Crippen molar-refractivity contribution in [1.82, 2.24) is 9.21 Å². The Morgan fingerprint density at radius 3 is 2.14 bits per heavy atom. The highest BCUT2D eigenvalue weighted by atomic mass is 32.2. The lowest BCUT2D eigenvalue weighted by molar-refractivity contribution is -0.140. The third kappa shape index (κ3) is 4.63. The van der Waals surface area contributed by atoms with Crippen molar-refractivity contribution in [2.24, 2.45) is 0 Å². The molecule has 2 aromatic rings. The molecule has 0 saturated carbocycles. The molecule has 1 aliphatic heterocycles. The Morgan fingerprint density at radius 1 is 1.00 bits per heavy atom. The number of anilines is 1. The van der Waals surface area contributed by atoms with E-state index in [4.69, 9.17) is 0 Å². The first-order valence-electron chi connectivity index (χ1n) is 9.32. The van der Waals surface area contributed by atoms with Crippen LogP contribution in [0.4, 0.5) is 14.5 Å². The van der Waals surface area contributed by atoms with Crippen LogP contribution < -0.4 is 5.32 Å². The van der Waals surface area contributed by atoms with E-state index in [1.54, 1.807) is 6.07 Å². The molecule has 29 heavy (non-hydrogen) atoms. The molecule has 2 aromatic carbocycles. The van der Waals surface area contributed by atoms with Crippen LogP contribution in [0.3, 0.4) is 0 Å². The Bertz CT molecular complexity index is 943. The van der Waals surface area contributed by atoms with E-state index in [0.717, 1.165) is 6.54 Å². The second-order valence-electron chi connectivity index (χ2n) is 6.76. The van der Waals surface area contributed by atoms with Crippen LogP contribution in [0.5, 0.6) is 0 Å². The van der Waals surface area contributed by atoms with Gasteiger partial charge in [-0.2, -0.15) is 13.1 Å². The van der Waals surface area contributed by atoms with Crippen molar-refractivity contribution in [1.29, 1.82) is 0 Å². The van der Waals surface area contributed by atoms with Gasteiger partial charge < -0.3 is 10.2 Å². The second kappa shape index (κ2) is 8.56. The maximum absolute atomic E-state index is 14.3. The van der Waals surface area contributed by atoms with Gasteiger partial charge in [0.1, 0.15) is 0 Å². The zero-order chi connectivity index (χ0) is 21.1. The Morgan fingerprint density at radius 2 is 1.59 bits per heavy atom. The number of amides is 1. The van der Waals surface area contributed by atoms with Gasteiger partial charge in [0.25, 0.3) is 5.91 Å². The predicted molar refractivity (Wildman–Crippen MR) is 106 cm³/mol. The van der Waals surface area contributed by atoms with Gasteiger partial charge in [0, 0.05) is 37.4 Å². The Balaban J connectivity index is 1.69. The molecule has 1 N–H and O–H groups in total. The molecule has 1 aliphatic rings. The summed E-state index contributed by atoms with van der Waals surface area (Å²) in [4.78, 5) is 14.3. The van der Waals surface area contributed by atoms with E-state index in [1.165, 1.54) is 52.8 Å². The van der Waals surface area contributed by atoms with Gasteiger partial charge in [0.05, 0.1) is 4.90 Å². The molecule has 156 valence electrons. The fraction of sp³-hybridized carbons (Fsp3) is 0.350. The number of halogens is 2. The van der Waals surface area contributed by atoms with Gasteiger partial charge in [-0.15, -0.1) is 0 Å². The highest BCUT2D eigenvalue weighted by Gasteiger charge is 2.40. The van der Waals surface area contributed by atoms with Crippen molar-refractivity contribution >= 4 is 21.6 Å². The Hall–Kier alpha value is -2.36. The van der Waals surface area contributed by atoms with Crippen molar-refractivity contribution in [3.63, 3.8) is 0 Å². The summed E-state index contributed by atoms with van der Waals surface area (Å²) in [5.41, 5.74) is -0.316. The first-order chi connectivity index (χ1) is 13.7. The van der Waals surface area contributed by atoms with Crippen LogP contribution in [0.1, 0.15) is 12.5 Å². The van der Waals surface area contributed by atoms with E-state index < -0.39 is 27.4 Å². The number of nitrogens with one attached hydrogen (secondary N) is 1. The van der Waals surface area contributed by atoms with Gasteiger partial charge in [0.15, 0.2) is 0 Å². The summed E-state index contributed by atoms with van der Waals surface area (Å²) < 4.78 is 55.5. The van der Waals surface area contributed by atoms with Crippen LogP contribution in [0.2, 0.25) is 0 Å². The van der Waals surface area contributed by atoms with E-state index in [2.05, 4.69) is 10.2 Å². The summed E-state index contributed by atoms with van der Waals surface area (Å²) in [6.07, 6.45) is 0. The lowest BCUT2D eigenvalue weighted by atomic mass is 10.1. The van der Waals surface area contributed by atoms with Crippen molar-refractivity contribution in [2.45, 2.75) is 17.7 Å². The van der Waals surface area contributed by atoms with E-state index in [0.29, 0.717) is 26.2 Å². The number of piperazine rings is 1. The highest BCUT2D eigenvalue weighted by molar-refractivity contribution is 7.89. The lowest BCUT2D eigenvalue weighted by Crippen LogP contribution is -2.48. The Labute approximate surface area is 169 Å². The number of carbonyl (C=O) groups is 1. The molecule has 0 bridgehead atoms. The predicted octanol–water partition coefficient (Wildman–Crippen LogP) is 2.74. The molecule has 3 rings (SSSR count). The zero-order valence-corrected chi connectivity index (χ0v) is 16.8. The van der Waals surface area contributed by atoms with Crippen LogP contribution in [0.15, 0.2) is 59.5 Å². The highest BCUT2D eigenvalue weighted by Crippen LogP contribution is 2.29. The first-order valence-corrected chi connectivity index (χ1v) is 10.8. The minimum absolute atomic E-state index is 0.0651. The number of benzene rings is 2. The number of hydrogen-bond donors (Lipinski definition) is 1. The van der Waals surface area contributed by atoms with Gasteiger partial charge in [0.2, 0.25) is 10.0 Å². The average molecular weight is 423 g/mol. The van der Waals surface area contributed by atoms with Gasteiger partial charge >= 0.3 is 5.92 Å². The lowest BCUT2D eigenvalue weighted by Gasteiger charge is -2.33. The van der Waals surface area contributed by atoms with Crippen LogP contribution >= 0.6 is 0 Å². The van der Waals surface area contributed by atoms with Crippen LogP contribution in [0, 0.1) is 0 Å². The van der Waals surface area contributed by atoms with Crippen molar-refractivity contribution in [3.05, 3.63) is 60.2 Å². The third-order valence-corrected chi connectivity index (χ3v) is 6.86. The summed E-state index contributed by atoms with van der Waals surface area (Å²) in [6.45, 7) is 5.03. The summed E-state index contributed by atoms with van der Waals surface area (Å²) in [5.74, 6) is -5.18. The molecular formula is C20H23F2N3O3S. The van der Waals surface area contributed by atoms with Crippen molar-refractivity contribution in [3.8, 4) is 0 Å². The largest absolute Gasteiger partial charge is 0.350 e. The number of nitrogens with zero attached hydrogens (tertiary/aromatic N) is 2. The molecule has 0 aromatic heterocycles. The van der Waals surface area contributed by atoms with Crippen molar-refractivity contribution < 1.29 is 22.0 Å². The summed E-state index contributed by atoms with van der Waals surface area (Å²) >= 11 is 0. The standard InChI is InChI=1S/C20H23F2N3O3S/c1-2-24-12-14-25(15-13-24)29(27,28)18-10-8-17(9-11-18)23-19(26)20(21,22)16-6-4-3-5-7-16/h3-11H,2,12-15H2,1H3,(H,23,26). The number of sulfonamides is 1. The molecule has 1 amide bonds.